The van der Waals surface area contributed by atoms with Gasteiger partial charge in [0.2, 0.25) is 5.91 Å². The molecule has 0 fully saturated rings. The van der Waals surface area contributed by atoms with E-state index in [4.69, 9.17) is 10.5 Å². The number of amides is 2. The summed E-state index contributed by atoms with van der Waals surface area (Å²) in [7, 11) is -2.39. The highest BCUT2D eigenvalue weighted by molar-refractivity contribution is 7.92. The zero-order chi connectivity index (χ0) is 22.6. The fourth-order valence-electron chi connectivity index (χ4n) is 2.90. The van der Waals surface area contributed by atoms with E-state index in [9.17, 15) is 18.0 Å². The normalized spacial score (nSPS) is 10.9. The number of hydrogen-bond acceptors (Lipinski definition) is 5. The van der Waals surface area contributed by atoms with Crippen molar-refractivity contribution in [1.29, 1.82) is 0 Å². The fraction of sp³-hybridized carbons (Fsp3) is 0.0909. The predicted octanol–water partition coefficient (Wildman–Crippen LogP) is 3.16. The third-order valence-corrected chi connectivity index (χ3v) is 5.88. The summed E-state index contributed by atoms with van der Waals surface area (Å²) in [6.45, 7) is 1.70. The van der Waals surface area contributed by atoms with Gasteiger partial charge in [0.1, 0.15) is 5.75 Å². The van der Waals surface area contributed by atoms with Gasteiger partial charge in [-0.15, -0.1) is 0 Å². The molecule has 3 rings (SSSR count). The van der Waals surface area contributed by atoms with Gasteiger partial charge in [-0.25, -0.2) is 8.42 Å². The summed E-state index contributed by atoms with van der Waals surface area (Å²) in [6, 6.07) is 16.8. The van der Waals surface area contributed by atoms with Crippen LogP contribution >= 0.6 is 0 Å². The van der Waals surface area contributed by atoms with Crippen molar-refractivity contribution in [2.75, 3.05) is 17.1 Å². The smallest absolute Gasteiger partial charge is 0.261 e. The Balaban J connectivity index is 1.79. The molecular weight excluding hydrogens is 418 g/mol. The SMILES string of the molecule is COc1ccc(NS(=O)(=O)c2cccc(C(=O)Nc3ccc(C(N)=O)c(C)c3)c2)cc1. The molecule has 0 unspecified atom stereocenters. The van der Waals surface area contributed by atoms with E-state index in [0.29, 0.717) is 28.3 Å². The van der Waals surface area contributed by atoms with Crippen LogP contribution in [0.1, 0.15) is 26.3 Å². The summed E-state index contributed by atoms with van der Waals surface area (Å²) >= 11 is 0. The van der Waals surface area contributed by atoms with Crippen LogP contribution in [0.25, 0.3) is 0 Å². The van der Waals surface area contributed by atoms with Crippen molar-refractivity contribution in [3.05, 3.63) is 83.4 Å². The Morgan fingerprint density at radius 3 is 2.23 bits per heavy atom. The van der Waals surface area contributed by atoms with E-state index < -0.39 is 21.8 Å². The minimum atomic E-state index is -3.91. The molecule has 2 amide bonds. The third kappa shape index (κ3) is 5.20. The first-order valence-electron chi connectivity index (χ1n) is 9.18. The van der Waals surface area contributed by atoms with E-state index >= 15 is 0 Å². The predicted molar refractivity (Wildman–Crippen MR) is 118 cm³/mol. The number of carbonyl (C=O) groups excluding carboxylic acids is 2. The monoisotopic (exact) mass is 439 g/mol. The van der Waals surface area contributed by atoms with Crippen LogP contribution in [0, 0.1) is 6.92 Å². The first-order valence-corrected chi connectivity index (χ1v) is 10.7. The van der Waals surface area contributed by atoms with Crippen LogP contribution in [0.3, 0.4) is 0 Å². The van der Waals surface area contributed by atoms with Gasteiger partial charge in [0, 0.05) is 22.5 Å². The number of nitrogens with one attached hydrogen (secondary N) is 2. The van der Waals surface area contributed by atoms with E-state index in [1.807, 2.05) is 0 Å². The molecule has 0 aromatic heterocycles. The average Bonchev–Trinajstić information content (AvgIpc) is 2.74. The summed E-state index contributed by atoms with van der Waals surface area (Å²) in [5.41, 5.74) is 7.24. The van der Waals surface area contributed by atoms with Crippen LogP contribution in [0.15, 0.2) is 71.6 Å². The number of hydrogen-bond donors (Lipinski definition) is 3. The topological polar surface area (TPSA) is 128 Å². The molecule has 0 heterocycles. The number of primary amides is 1. The van der Waals surface area contributed by atoms with Gasteiger partial charge >= 0.3 is 0 Å². The molecule has 31 heavy (non-hydrogen) atoms. The second-order valence-corrected chi connectivity index (χ2v) is 8.39. The summed E-state index contributed by atoms with van der Waals surface area (Å²) in [6.07, 6.45) is 0. The molecule has 0 aliphatic carbocycles. The number of benzene rings is 3. The second-order valence-electron chi connectivity index (χ2n) is 6.71. The number of carbonyl (C=O) groups is 2. The first-order chi connectivity index (χ1) is 14.7. The lowest BCUT2D eigenvalue weighted by Gasteiger charge is -2.11. The maximum absolute atomic E-state index is 12.7. The largest absolute Gasteiger partial charge is 0.497 e. The molecule has 0 radical (unpaired) electrons. The zero-order valence-corrected chi connectivity index (χ0v) is 17.7. The number of methoxy groups -OCH3 is 1. The molecule has 160 valence electrons. The molecule has 0 atom stereocenters. The molecule has 0 saturated heterocycles. The molecule has 3 aromatic rings. The number of ether oxygens (including phenoxy) is 1. The highest BCUT2D eigenvalue weighted by Gasteiger charge is 2.17. The number of nitrogens with two attached hydrogens (primary N) is 1. The van der Waals surface area contributed by atoms with Crippen LogP contribution in [-0.4, -0.2) is 27.3 Å². The molecule has 3 aromatic carbocycles. The van der Waals surface area contributed by atoms with Crippen molar-refractivity contribution >= 4 is 33.2 Å². The van der Waals surface area contributed by atoms with Crippen molar-refractivity contribution in [1.82, 2.24) is 0 Å². The lowest BCUT2D eigenvalue weighted by Crippen LogP contribution is -2.16. The average molecular weight is 439 g/mol. The third-order valence-electron chi connectivity index (χ3n) is 4.50. The lowest BCUT2D eigenvalue weighted by atomic mass is 10.1. The fourth-order valence-corrected chi connectivity index (χ4v) is 4.00. The van der Waals surface area contributed by atoms with Crippen molar-refractivity contribution < 1.29 is 22.7 Å². The van der Waals surface area contributed by atoms with Crippen LogP contribution in [0.5, 0.6) is 5.75 Å². The highest BCUT2D eigenvalue weighted by atomic mass is 32.2. The second kappa shape index (κ2) is 8.88. The van der Waals surface area contributed by atoms with E-state index in [2.05, 4.69) is 10.0 Å². The molecule has 4 N–H and O–H groups in total. The van der Waals surface area contributed by atoms with Crippen LogP contribution < -0.4 is 20.5 Å². The minimum Gasteiger partial charge on any atom is -0.497 e. The Bertz CT molecular complexity index is 1240. The van der Waals surface area contributed by atoms with Crippen LogP contribution in [0.2, 0.25) is 0 Å². The van der Waals surface area contributed by atoms with E-state index in [0.717, 1.165) is 0 Å². The summed E-state index contributed by atoms with van der Waals surface area (Å²) in [5, 5.41) is 2.69. The Morgan fingerprint density at radius 2 is 1.61 bits per heavy atom. The van der Waals surface area contributed by atoms with Crippen molar-refractivity contribution in [2.24, 2.45) is 5.73 Å². The van der Waals surface area contributed by atoms with Gasteiger partial charge in [-0.1, -0.05) is 6.07 Å². The van der Waals surface area contributed by atoms with Gasteiger partial charge in [-0.05, 0) is 73.2 Å². The van der Waals surface area contributed by atoms with Gasteiger partial charge < -0.3 is 15.8 Å². The maximum Gasteiger partial charge on any atom is 0.261 e. The quantitative estimate of drug-likeness (QED) is 0.521. The Kier molecular flexibility index (Phi) is 6.26. The number of aryl methyl sites for hydroxylation is 1. The number of rotatable bonds is 7. The van der Waals surface area contributed by atoms with E-state index in [-0.39, 0.29) is 10.5 Å². The van der Waals surface area contributed by atoms with E-state index in [1.54, 1.807) is 43.3 Å². The van der Waals surface area contributed by atoms with Gasteiger partial charge in [0.25, 0.3) is 15.9 Å². The Hall–Kier alpha value is -3.85. The van der Waals surface area contributed by atoms with Crippen molar-refractivity contribution in [3.63, 3.8) is 0 Å². The molecule has 0 spiro atoms. The minimum absolute atomic E-state index is 0.0591. The maximum atomic E-state index is 12.7. The van der Waals surface area contributed by atoms with Crippen LogP contribution in [0.4, 0.5) is 11.4 Å². The molecule has 0 bridgehead atoms. The van der Waals surface area contributed by atoms with Gasteiger partial charge in [-0.2, -0.15) is 0 Å². The first kappa shape index (κ1) is 21.8. The Labute approximate surface area is 180 Å². The Morgan fingerprint density at radius 1 is 0.935 bits per heavy atom. The summed E-state index contributed by atoms with van der Waals surface area (Å²) in [4.78, 5) is 23.9. The van der Waals surface area contributed by atoms with Crippen molar-refractivity contribution in [3.8, 4) is 5.75 Å². The van der Waals surface area contributed by atoms with Gasteiger partial charge in [0.15, 0.2) is 0 Å². The van der Waals surface area contributed by atoms with E-state index in [1.165, 1.54) is 37.4 Å². The lowest BCUT2D eigenvalue weighted by molar-refractivity contribution is 0.0997. The summed E-state index contributed by atoms with van der Waals surface area (Å²) in [5.74, 6) is -0.453. The molecule has 0 aliphatic heterocycles. The zero-order valence-electron chi connectivity index (χ0n) is 16.9. The van der Waals surface area contributed by atoms with Gasteiger partial charge in [-0.3, -0.25) is 14.3 Å². The van der Waals surface area contributed by atoms with Gasteiger partial charge in [0.05, 0.1) is 12.0 Å². The standard InChI is InChI=1S/C22H21N3O5S/c1-14-12-17(8-11-20(14)21(23)26)24-22(27)15-4-3-5-19(13-15)31(28,29)25-16-6-9-18(30-2)10-7-16/h3-13,25H,1-2H3,(H2,23,26)(H,24,27). The molecule has 0 aliphatic rings. The molecule has 9 heteroatoms. The molecular formula is C22H21N3O5S. The highest BCUT2D eigenvalue weighted by Crippen LogP contribution is 2.21. The molecule has 0 saturated carbocycles. The molecule has 8 nitrogen and oxygen atoms in total. The van der Waals surface area contributed by atoms with Crippen LogP contribution in [-0.2, 0) is 10.0 Å². The number of anilines is 2. The summed E-state index contributed by atoms with van der Waals surface area (Å²) < 4.78 is 33.0. The van der Waals surface area contributed by atoms with Crippen molar-refractivity contribution in [2.45, 2.75) is 11.8 Å². The number of sulfonamides is 1.